The molecule has 0 radical (unpaired) electrons. The van der Waals surface area contributed by atoms with Gasteiger partial charge in [0.1, 0.15) is 0 Å². The number of amides is 2. The molecule has 0 atom stereocenters. The van der Waals surface area contributed by atoms with E-state index in [1.165, 1.54) is 24.3 Å². The monoisotopic (exact) mass is 371 g/mol. The van der Waals surface area contributed by atoms with E-state index in [1.54, 1.807) is 24.3 Å². The Bertz CT molecular complexity index is 846. The number of non-ortho nitro benzene ring substituents is 1. The van der Waals surface area contributed by atoms with Crippen LogP contribution in [0, 0.1) is 10.1 Å². The van der Waals surface area contributed by atoms with Crippen LogP contribution in [0.25, 0.3) is 0 Å². The number of ether oxygens (including phenoxy) is 1. The molecule has 0 unspecified atom stereocenters. The van der Waals surface area contributed by atoms with Crippen LogP contribution in [0.5, 0.6) is 0 Å². The Hall–Kier alpha value is -3.75. The summed E-state index contributed by atoms with van der Waals surface area (Å²) < 4.78 is 4.87. The normalized spacial score (nSPS) is 9.96. The first kappa shape index (κ1) is 19.6. The fourth-order valence-corrected chi connectivity index (χ4v) is 2.06. The molecule has 0 heterocycles. The smallest absolute Gasteiger partial charge is 0.338 e. The number of aryl methyl sites for hydroxylation is 1. The van der Waals surface area contributed by atoms with Crippen LogP contribution in [0.3, 0.4) is 0 Å². The summed E-state index contributed by atoms with van der Waals surface area (Å²) in [5.41, 5.74) is 5.56. The van der Waals surface area contributed by atoms with Crippen molar-refractivity contribution < 1.29 is 24.0 Å². The second-order valence-electron chi connectivity index (χ2n) is 5.43. The zero-order valence-electron chi connectivity index (χ0n) is 14.4. The first-order valence-corrected chi connectivity index (χ1v) is 8.00. The molecule has 0 aliphatic heterocycles. The Morgan fingerprint density at radius 3 is 2.11 bits per heavy atom. The Balaban J connectivity index is 1.78. The van der Waals surface area contributed by atoms with E-state index in [1.807, 2.05) is 6.92 Å². The highest BCUT2D eigenvalue weighted by atomic mass is 16.6. The maximum atomic E-state index is 11.9. The molecule has 0 aliphatic carbocycles. The van der Waals surface area contributed by atoms with E-state index in [-0.39, 0.29) is 11.3 Å². The summed E-state index contributed by atoms with van der Waals surface area (Å²) >= 11 is 0. The van der Waals surface area contributed by atoms with E-state index in [4.69, 9.17) is 4.74 Å². The Morgan fingerprint density at radius 1 is 0.963 bits per heavy atom. The molecule has 9 heteroatoms. The number of nitrogens with one attached hydrogen (secondary N) is 2. The highest BCUT2D eigenvalue weighted by Gasteiger charge is 2.12. The molecular formula is C18H17N3O6. The highest BCUT2D eigenvalue weighted by Crippen LogP contribution is 2.11. The van der Waals surface area contributed by atoms with Crippen molar-refractivity contribution in [2.75, 3.05) is 6.61 Å². The third-order valence-electron chi connectivity index (χ3n) is 3.59. The van der Waals surface area contributed by atoms with Gasteiger partial charge in [-0.25, -0.2) is 4.79 Å². The van der Waals surface area contributed by atoms with Gasteiger partial charge in [-0.15, -0.1) is 0 Å². The predicted molar refractivity (Wildman–Crippen MR) is 94.8 cm³/mol. The van der Waals surface area contributed by atoms with Gasteiger partial charge in [0.25, 0.3) is 17.5 Å². The van der Waals surface area contributed by atoms with Crippen LogP contribution >= 0.6 is 0 Å². The minimum atomic E-state index is -0.733. The molecule has 2 aromatic carbocycles. The molecule has 2 N–H and O–H groups in total. The van der Waals surface area contributed by atoms with Crippen molar-refractivity contribution in [3.63, 3.8) is 0 Å². The fraction of sp³-hybridized carbons (Fsp3) is 0.167. The number of hydrogen-bond acceptors (Lipinski definition) is 6. The second kappa shape index (κ2) is 9.09. The first-order chi connectivity index (χ1) is 12.9. The zero-order chi connectivity index (χ0) is 19.8. The van der Waals surface area contributed by atoms with Gasteiger partial charge in [0.15, 0.2) is 6.61 Å². The molecule has 27 heavy (non-hydrogen) atoms. The summed E-state index contributed by atoms with van der Waals surface area (Å²) in [6, 6.07) is 11.6. The molecule has 0 saturated carbocycles. The zero-order valence-corrected chi connectivity index (χ0v) is 14.4. The van der Waals surface area contributed by atoms with E-state index in [0.717, 1.165) is 12.0 Å². The van der Waals surface area contributed by atoms with E-state index >= 15 is 0 Å². The van der Waals surface area contributed by atoms with Gasteiger partial charge in [0.2, 0.25) is 0 Å². The number of nitrogens with zero attached hydrogens (tertiary/aromatic N) is 1. The molecule has 9 nitrogen and oxygen atoms in total. The third kappa shape index (κ3) is 5.63. The predicted octanol–water partition coefficient (Wildman–Crippen LogP) is 1.78. The minimum Gasteiger partial charge on any atom is -0.452 e. The van der Waals surface area contributed by atoms with Crippen molar-refractivity contribution in [2.24, 2.45) is 0 Å². The molecule has 2 aromatic rings. The molecule has 2 rings (SSSR count). The molecule has 0 fully saturated rings. The quantitative estimate of drug-likeness (QED) is 0.452. The van der Waals surface area contributed by atoms with E-state index in [0.29, 0.717) is 5.56 Å². The molecular weight excluding hydrogens is 354 g/mol. The van der Waals surface area contributed by atoms with Crippen LogP contribution in [0.4, 0.5) is 5.69 Å². The summed E-state index contributed by atoms with van der Waals surface area (Å²) in [4.78, 5) is 45.3. The largest absolute Gasteiger partial charge is 0.452 e. The molecule has 0 bridgehead atoms. The lowest BCUT2D eigenvalue weighted by Gasteiger charge is -2.08. The minimum absolute atomic E-state index is 0.119. The summed E-state index contributed by atoms with van der Waals surface area (Å²) in [6.07, 6.45) is 0.839. The molecule has 0 saturated heterocycles. The lowest BCUT2D eigenvalue weighted by Crippen LogP contribution is -2.43. The van der Waals surface area contributed by atoms with E-state index < -0.39 is 29.3 Å². The van der Waals surface area contributed by atoms with E-state index in [9.17, 15) is 24.5 Å². The number of nitro benzene ring substituents is 1. The summed E-state index contributed by atoms with van der Waals surface area (Å²) in [6.45, 7) is 1.41. The number of benzene rings is 2. The van der Waals surface area contributed by atoms with Crippen molar-refractivity contribution in [3.05, 3.63) is 75.3 Å². The van der Waals surface area contributed by atoms with Crippen LogP contribution in [0.15, 0.2) is 48.5 Å². The number of rotatable bonds is 6. The fourth-order valence-electron chi connectivity index (χ4n) is 2.06. The first-order valence-electron chi connectivity index (χ1n) is 8.00. The maximum absolute atomic E-state index is 11.9. The Morgan fingerprint density at radius 2 is 1.56 bits per heavy atom. The number of nitro groups is 1. The average molecular weight is 371 g/mol. The van der Waals surface area contributed by atoms with Crippen LogP contribution in [0.2, 0.25) is 0 Å². The van der Waals surface area contributed by atoms with Crippen molar-refractivity contribution >= 4 is 23.5 Å². The van der Waals surface area contributed by atoms with Crippen molar-refractivity contribution in [1.82, 2.24) is 10.9 Å². The lowest BCUT2D eigenvalue weighted by molar-refractivity contribution is -0.384. The molecule has 140 valence electrons. The summed E-state index contributed by atoms with van der Waals surface area (Å²) in [5, 5.41) is 10.6. The highest BCUT2D eigenvalue weighted by molar-refractivity contribution is 5.96. The van der Waals surface area contributed by atoms with Gasteiger partial charge < -0.3 is 4.74 Å². The second-order valence-corrected chi connectivity index (χ2v) is 5.43. The number of hydrogen-bond donors (Lipinski definition) is 2. The molecule has 0 aliphatic rings. The van der Waals surface area contributed by atoms with E-state index in [2.05, 4.69) is 10.9 Å². The Kier molecular flexibility index (Phi) is 6.59. The summed E-state index contributed by atoms with van der Waals surface area (Å²) in [5.74, 6) is -2.06. The topological polar surface area (TPSA) is 128 Å². The van der Waals surface area contributed by atoms with Gasteiger partial charge in [-0.2, -0.15) is 0 Å². The number of esters is 1. The van der Waals surface area contributed by atoms with Crippen LogP contribution in [-0.4, -0.2) is 29.3 Å². The van der Waals surface area contributed by atoms with Crippen LogP contribution in [0.1, 0.15) is 33.2 Å². The maximum Gasteiger partial charge on any atom is 0.338 e. The molecule has 0 spiro atoms. The van der Waals surface area contributed by atoms with Gasteiger partial charge >= 0.3 is 5.97 Å². The van der Waals surface area contributed by atoms with Crippen LogP contribution in [-0.2, 0) is 16.0 Å². The van der Waals surface area contributed by atoms with Crippen molar-refractivity contribution in [2.45, 2.75) is 13.3 Å². The number of hydrazine groups is 1. The molecule has 2 amide bonds. The van der Waals surface area contributed by atoms with Crippen molar-refractivity contribution in [1.29, 1.82) is 0 Å². The van der Waals surface area contributed by atoms with Gasteiger partial charge in [0.05, 0.1) is 10.5 Å². The van der Waals surface area contributed by atoms with Crippen LogP contribution < -0.4 is 10.9 Å². The van der Waals surface area contributed by atoms with Gasteiger partial charge in [-0.3, -0.25) is 30.6 Å². The number of carbonyl (C=O) groups is 3. The lowest BCUT2D eigenvalue weighted by atomic mass is 10.1. The standard InChI is InChI=1S/C18H17N3O6/c1-2-12-3-5-14(6-4-12)18(24)27-11-16(22)19-20-17(23)13-7-9-15(10-8-13)21(25)26/h3-10H,2,11H2,1H3,(H,19,22)(H,20,23). The van der Waals surface area contributed by atoms with Gasteiger partial charge in [-0.05, 0) is 36.2 Å². The SMILES string of the molecule is CCc1ccc(C(=O)OCC(=O)NNC(=O)c2ccc([N+](=O)[O-])cc2)cc1. The van der Waals surface area contributed by atoms with Crippen molar-refractivity contribution in [3.8, 4) is 0 Å². The van der Waals surface area contributed by atoms with Gasteiger partial charge in [-0.1, -0.05) is 19.1 Å². The average Bonchev–Trinajstić information content (AvgIpc) is 2.70. The Labute approximate surface area is 154 Å². The molecule has 0 aromatic heterocycles. The summed E-state index contributed by atoms with van der Waals surface area (Å²) in [7, 11) is 0. The third-order valence-corrected chi connectivity index (χ3v) is 3.59. The van der Waals surface area contributed by atoms with Gasteiger partial charge in [0, 0.05) is 17.7 Å². The number of carbonyl (C=O) groups excluding carboxylic acids is 3.